The van der Waals surface area contributed by atoms with Crippen LogP contribution in [0, 0.1) is 0 Å². The number of hydrogen-bond acceptors (Lipinski definition) is 5. The zero-order chi connectivity index (χ0) is 19.8. The van der Waals surface area contributed by atoms with Gasteiger partial charge in [-0.2, -0.15) is 0 Å². The van der Waals surface area contributed by atoms with Crippen LogP contribution in [0.3, 0.4) is 0 Å². The lowest BCUT2D eigenvalue weighted by atomic mass is 10.1. The summed E-state index contributed by atoms with van der Waals surface area (Å²) in [5, 5.41) is 6.42. The zero-order valence-electron chi connectivity index (χ0n) is 16.8. The van der Waals surface area contributed by atoms with Gasteiger partial charge in [-0.15, -0.1) is 0 Å². The second kappa shape index (κ2) is 15.9. The van der Waals surface area contributed by atoms with Crippen LogP contribution in [0.1, 0.15) is 57.3 Å². The fourth-order valence-corrected chi connectivity index (χ4v) is 2.67. The molecule has 0 spiro atoms. The van der Waals surface area contributed by atoms with E-state index in [4.69, 9.17) is 17.3 Å². The van der Waals surface area contributed by atoms with Crippen molar-refractivity contribution in [3.05, 3.63) is 22.8 Å². The molecule has 2 heterocycles. The highest BCUT2D eigenvalue weighted by Crippen LogP contribution is 2.16. The molecule has 26 heavy (non-hydrogen) atoms. The summed E-state index contributed by atoms with van der Waals surface area (Å²) in [5.74, 6) is 0.438. The van der Waals surface area contributed by atoms with Crippen LogP contribution in [-0.2, 0) is 0 Å². The second-order valence-corrected chi connectivity index (χ2v) is 6.01. The Hall–Kier alpha value is -1.37. The van der Waals surface area contributed by atoms with Gasteiger partial charge in [-0.05, 0) is 51.5 Å². The van der Waals surface area contributed by atoms with Crippen LogP contribution < -0.4 is 16.4 Å². The molecule has 1 aliphatic heterocycles. The van der Waals surface area contributed by atoms with Crippen LogP contribution in [0.5, 0.6) is 0 Å². The van der Waals surface area contributed by atoms with Crippen molar-refractivity contribution in [3.63, 3.8) is 0 Å². The molecule has 0 radical (unpaired) electrons. The van der Waals surface area contributed by atoms with Crippen LogP contribution in [0.15, 0.2) is 12.1 Å². The van der Waals surface area contributed by atoms with Gasteiger partial charge in [-0.25, -0.2) is 4.98 Å². The number of rotatable bonds is 6. The second-order valence-electron chi connectivity index (χ2n) is 5.63. The maximum Gasteiger partial charge on any atom is 0.255 e. The summed E-state index contributed by atoms with van der Waals surface area (Å²) in [4.78, 5) is 18.8. The molecule has 1 aromatic heterocycles. The number of aromatic nitrogens is 1. The maximum atomic E-state index is 12.2. The van der Waals surface area contributed by atoms with E-state index in [1.807, 2.05) is 27.7 Å². The Balaban J connectivity index is 0.00000113. The van der Waals surface area contributed by atoms with E-state index in [9.17, 15) is 4.79 Å². The van der Waals surface area contributed by atoms with Gasteiger partial charge in [0.05, 0.1) is 5.56 Å². The summed E-state index contributed by atoms with van der Waals surface area (Å²) in [6.45, 7) is 13.2. The molecular weight excluding hydrogens is 350 g/mol. The smallest absolute Gasteiger partial charge is 0.255 e. The Kier molecular flexibility index (Phi) is 15.0. The highest BCUT2D eigenvalue weighted by Gasteiger charge is 2.14. The number of nitrogens with zero attached hydrogens (tertiary/aromatic N) is 2. The van der Waals surface area contributed by atoms with Crippen molar-refractivity contribution in [2.24, 2.45) is 5.73 Å². The minimum absolute atomic E-state index is 0.105. The monoisotopic (exact) mass is 385 g/mol. The lowest BCUT2D eigenvalue weighted by molar-refractivity contribution is 0.0947. The molecule has 0 aromatic carbocycles. The fourth-order valence-electron chi connectivity index (χ4n) is 2.53. The van der Waals surface area contributed by atoms with Crippen molar-refractivity contribution in [1.29, 1.82) is 0 Å². The summed E-state index contributed by atoms with van der Waals surface area (Å²) >= 11 is 5.87. The Labute approximate surface area is 163 Å². The Morgan fingerprint density at radius 2 is 1.85 bits per heavy atom. The molecule has 0 atom stereocenters. The summed E-state index contributed by atoms with van der Waals surface area (Å²) < 4.78 is 0. The van der Waals surface area contributed by atoms with Crippen LogP contribution in [0.2, 0.25) is 5.15 Å². The first-order chi connectivity index (χ1) is 12.6. The number of hydrogen-bond donors (Lipinski definition) is 3. The number of amides is 1. The van der Waals surface area contributed by atoms with Gasteiger partial charge in [0.15, 0.2) is 0 Å². The largest absolute Gasteiger partial charge is 0.370 e. The molecule has 1 aliphatic rings. The molecule has 4 N–H and O–H groups in total. The Bertz CT molecular complexity index is 493. The average Bonchev–Trinajstić information content (AvgIpc) is 2.65. The number of carbonyl (C=O) groups is 1. The summed E-state index contributed by atoms with van der Waals surface area (Å²) in [5.41, 5.74) is 5.39. The molecule has 0 aliphatic carbocycles. The molecule has 2 rings (SSSR count). The van der Waals surface area contributed by atoms with Crippen molar-refractivity contribution >= 4 is 23.3 Å². The van der Waals surface area contributed by atoms with E-state index in [0.29, 0.717) is 29.6 Å². The molecule has 1 aromatic rings. The first-order valence-electron chi connectivity index (χ1n) is 9.73. The third kappa shape index (κ3) is 9.94. The minimum Gasteiger partial charge on any atom is -0.370 e. The highest BCUT2D eigenvalue weighted by atomic mass is 35.5. The van der Waals surface area contributed by atoms with Crippen molar-refractivity contribution < 1.29 is 4.79 Å². The van der Waals surface area contributed by atoms with Crippen molar-refractivity contribution in [1.82, 2.24) is 15.2 Å². The van der Waals surface area contributed by atoms with E-state index >= 15 is 0 Å². The number of nitrogens with one attached hydrogen (secondary N) is 2. The Morgan fingerprint density at radius 1 is 1.23 bits per heavy atom. The van der Waals surface area contributed by atoms with E-state index in [0.717, 1.165) is 26.2 Å². The van der Waals surface area contributed by atoms with E-state index < -0.39 is 0 Å². The number of carbonyl (C=O) groups excluding carboxylic acids is 1. The van der Waals surface area contributed by atoms with Crippen LogP contribution >= 0.6 is 11.6 Å². The average molecular weight is 386 g/mol. The highest BCUT2D eigenvalue weighted by molar-refractivity contribution is 6.29. The van der Waals surface area contributed by atoms with Gasteiger partial charge in [0.2, 0.25) is 0 Å². The standard InChI is InChI=1S/C15H23ClN4O.C2H7N.C2H6/c1-2-17-14-12(6-7-13(16)19-14)15(21)18-8-11-20-9-4-3-5-10-20;1-2-3;1-2/h6-7H,2-5,8-11H2,1H3,(H,17,19)(H,18,21);2-3H2,1H3;1-2H3. The normalized spacial score (nSPS) is 13.6. The van der Waals surface area contributed by atoms with Crippen molar-refractivity contribution in [3.8, 4) is 0 Å². The van der Waals surface area contributed by atoms with Crippen LogP contribution in [0.25, 0.3) is 0 Å². The maximum absolute atomic E-state index is 12.2. The van der Waals surface area contributed by atoms with Gasteiger partial charge in [0.1, 0.15) is 11.0 Å². The van der Waals surface area contributed by atoms with Crippen molar-refractivity contribution in [2.75, 3.05) is 44.6 Å². The van der Waals surface area contributed by atoms with Gasteiger partial charge in [-0.1, -0.05) is 38.8 Å². The quantitative estimate of drug-likeness (QED) is 0.654. The molecule has 0 saturated carbocycles. The number of piperidine rings is 1. The van der Waals surface area contributed by atoms with E-state index in [1.54, 1.807) is 12.1 Å². The first kappa shape index (κ1) is 24.6. The van der Waals surface area contributed by atoms with Gasteiger partial charge in [0, 0.05) is 19.6 Å². The number of anilines is 1. The lowest BCUT2D eigenvalue weighted by Crippen LogP contribution is -2.37. The predicted molar refractivity (Wildman–Crippen MR) is 112 cm³/mol. The van der Waals surface area contributed by atoms with Gasteiger partial charge < -0.3 is 21.3 Å². The Morgan fingerprint density at radius 3 is 2.42 bits per heavy atom. The minimum atomic E-state index is -0.105. The van der Waals surface area contributed by atoms with Gasteiger partial charge in [0.25, 0.3) is 5.91 Å². The first-order valence-corrected chi connectivity index (χ1v) is 10.1. The molecule has 0 bridgehead atoms. The van der Waals surface area contributed by atoms with Crippen molar-refractivity contribution in [2.45, 2.75) is 47.0 Å². The summed E-state index contributed by atoms with van der Waals surface area (Å²) in [6.07, 6.45) is 3.85. The summed E-state index contributed by atoms with van der Waals surface area (Å²) in [6, 6.07) is 3.35. The number of pyridine rings is 1. The topological polar surface area (TPSA) is 83.3 Å². The van der Waals surface area contributed by atoms with E-state index in [2.05, 4.69) is 20.5 Å². The molecule has 6 nitrogen and oxygen atoms in total. The molecule has 1 fully saturated rings. The van der Waals surface area contributed by atoms with Crippen LogP contribution in [-0.4, -0.2) is 55.1 Å². The lowest BCUT2D eigenvalue weighted by Gasteiger charge is -2.26. The third-order valence-corrected chi connectivity index (χ3v) is 3.82. The fraction of sp³-hybridized carbons (Fsp3) is 0.684. The molecule has 1 amide bonds. The predicted octanol–water partition coefficient (Wildman–Crippen LogP) is 3.37. The number of likely N-dealkylation sites (tertiary alicyclic amines) is 1. The third-order valence-electron chi connectivity index (χ3n) is 3.61. The SMILES string of the molecule is CC.CCN.CCNc1nc(Cl)ccc1C(=O)NCCN1CCCCC1. The molecular formula is C19H36ClN5O. The van der Waals surface area contributed by atoms with E-state index in [1.165, 1.54) is 19.3 Å². The van der Waals surface area contributed by atoms with Gasteiger partial charge >= 0.3 is 0 Å². The molecule has 1 saturated heterocycles. The molecule has 150 valence electrons. The van der Waals surface area contributed by atoms with Crippen LogP contribution in [0.4, 0.5) is 5.82 Å². The molecule has 0 unspecified atom stereocenters. The summed E-state index contributed by atoms with van der Waals surface area (Å²) in [7, 11) is 0. The number of halogens is 1. The number of nitrogens with two attached hydrogens (primary N) is 1. The van der Waals surface area contributed by atoms with E-state index in [-0.39, 0.29) is 5.91 Å². The molecule has 7 heteroatoms. The van der Waals surface area contributed by atoms with Gasteiger partial charge in [-0.3, -0.25) is 4.79 Å². The zero-order valence-corrected chi connectivity index (χ0v) is 17.5.